The summed E-state index contributed by atoms with van der Waals surface area (Å²) in [4.78, 5) is 25.7. The molecule has 2 atom stereocenters. The Hall–Kier alpha value is -2.20. The van der Waals surface area contributed by atoms with Gasteiger partial charge in [-0.25, -0.2) is 8.78 Å². The maximum atomic E-state index is 13.9. The largest absolute Gasteiger partial charge is 0.475 e. The molecule has 0 unspecified atom stereocenters. The summed E-state index contributed by atoms with van der Waals surface area (Å²) < 4.78 is 26.9. The Labute approximate surface area is 156 Å². The van der Waals surface area contributed by atoms with Gasteiger partial charge in [-0.1, -0.05) is 13.8 Å². The van der Waals surface area contributed by atoms with Gasteiger partial charge in [0.05, 0.1) is 18.2 Å². The third-order valence-corrected chi connectivity index (χ3v) is 4.40. The van der Waals surface area contributed by atoms with Gasteiger partial charge in [0, 0.05) is 12.6 Å². The fourth-order valence-corrected chi connectivity index (χ4v) is 2.97. The van der Waals surface area contributed by atoms with E-state index in [4.69, 9.17) is 0 Å². The molecule has 2 rings (SSSR count). The molecular formula is C17H24BF2N3O4. The van der Waals surface area contributed by atoms with E-state index in [9.17, 15) is 28.4 Å². The van der Waals surface area contributed by atoms with E-state index in [0.717, 1.165) is 12.1 Å². The van der Waals surface area contributed by atoms with E-state index in [1.807, 2.05) is 13.8 Å². The fraction of sp³-hybridized carbons (Fsp3) is 0.529. The molecule has 1 aliphatic rings. The van der Waals surface area contributed by atoms with Crippen LogP contribution in [0.1, 0.15) is 26.7 Å². The predicted molar refractivity (Wildman–Crippen MR) is 96.7 cm³/mol. The maximum absolute atomic E-state index is 13.9. The third-order valence-electron chi connectivity index (χ3n) is 4.40. The van der Waals surface area contributed by atoms with Crippen LogP contribution in [0.3, 0.4) is 0 Å². The van der Waals surface area contributed by atoms with E-state index >= 15 is 0 Å². The molecule has 1 aromatic carbocycles. The van der Waals surface area contributed by atoms with E-state index in [-0.39, 0.29) is 18.2 Å². The van der Waals surface area contributed by atoms with Crippen LogP contribution in [-0.2, 0) is 9.59 Å². The number of benzene rings is 1. The van der Waals surface area contributed by atoms with Crippen LogP contribution in [0.2, 0.25) is 0 Å². The van der Waals surface area contributed by atoms with Crippen LogP contribution in [0.15, 0.2) is 18.2 Å². The second kappa shape index (κ2) is 9.14. The number of anilines is 1. The lowest BCUT2D eigenvalue weighted by Crippen LogP contribution is -2.58. The summed E-state index contributed by atoms with van der Waals surface area (Å²) in [5, 5.41) is 23.6. The van der Waals surface area contributed by atoms with Gasteiger partial charge in [0.25, 0.3) is 0 Å². The van der Waals surface area contributed by atoms with Crippen molar-refractivity contribution in [1.82, 2.24) is 10.6 Å². The molecule has 7 nitrogen and oxygen atoms in total. The summed E-state index contributed by atoms with van der Waals surface area (Å²) in [6.45, 7) is 3.86. The molecular weight excluding hydrogens is 359 g/mol. The van der Waals surface area contributed by atoms with Crippen molar-refractivity contribution in [2.75, 3.05) is 18.0 Å². The van der Waals surface area contributed by atoms with Gasteiger partial charge < -0.3 is 25.6 Å². The Morgan fingerprint density at radius 2 is 2.04 bits per heavy atom. The smallest absolute Gasteiger partial charge is 0.426 e. The number of amides is 2. The normalized spacial score (nSPS) is 17.3. The molecule has 1 heterocycles. The summed E-state index contributed by atoms with van der Waals surface area (Å²) in [6.07, 6.45) is 0.854. The first kappa shape index (κ1) is 21.1. The Morgan fingerprint density at radius 1 is 1.33 bits per heavy atom. The van der Waals surface area contributed by atoms with Crippen molar-refractivity contribution < 1.29 is 28.4 Å². The highest BCUT2D eigenvalue weighted by atomic mass is 19.1. The van der Waals surface area contributed by atoms with E-state index in [2.05, 4.69) is 10.6 Å². The number of rotatable bonds is 8. The lowest BCUT2D eigenvalue weighted by atomic mass is 9.75. The molecule has 0 bridgehead atoms. The van der Waals surface area contributed by atoms with Crippen LogP contribution < -0.4 is 15.5 Å². The minimum atomic E-state index is -1.70. The summed E-state index contributed by atoms with van der Waals surface area (Å²) in [7, 11) is -1.70. The average molecular weight is 383 g/mol. The molecule has 1 aliphatic heterocycles. The topological polar surface area (TPSA) is 102 Å². The second-order valence-electron chi connectivity index (χ2n) is 7.03. The molecule has 0 saturated carbocycles. The highest BCUT2D eigenvalue weighted by Gasteiger charge is 2.36. The first-order valence-corrected chi connectivity index (χ1v) is 8.84. The van der Waals surface area contributed by atoms with Gasteiger partial charge in [0.15, 0.2) is 0 Å². The highest BCUT2D eigenvalue weighted by Crippen LogP contribution is 2.29. The molecule has 1 saturated heterocycles. The van der Waals surface area contributed by atoms with Gasteiger partial charge >= 0.3 is 7.12 Å². The number of carbonyl (C=O) groups is 2. The molecule has 0 aliphatic carbocycles. The number of nitrogens with zero attached hydrogens (tertiary/aromatic N) is 1. The molecule has 4 N–H and O–H groups in total. The van der Waals surface area contributed by atoms with Crippen molar-refractivity contribution in [1.29, 1.82) is 0 Å². The zero-order chi connectivity index (χ0) is 20.1. The summed E-state index contributed by atoms with van der Waals surface area (Å²) in [5.41, 5.74) is 0.132. The fourth-order valence-electron chi connectivity index (χ4n) is 2.97. The molecule has 27 heavy (non-hydrogen) atoms. The van der Waals surface area contributed by atoms with Crippen LogP contribution in [0, 0.1) is 17.6 Å². The number of hydrogen-bond donors (Lipinski definition) is 4. The molecule has 0 radical (unpaired) electrons. The Kier molecular flexibility index (Phi) is 7.15. The van der Waals surface area contributed by atoms with Gasteiger partial charge in [-0.05, 0) is 30.9 Å². The maximum Gasteiger partial charge on any atom is 0.475 e. The van der Waals surface area contributed by atoms with E-state index in [1.54, 1.807) is 0 Å². The van der Waals surface area contributed by atoms with Crippen LogP contribution in [0.4, 0.5) is 14.5 Å². The zero-order valence-corrected chi connectivity index (χ0v) is 15.3. The Bertz CT molecular complexity index is 690. The van der Waals surface area contributed by atoms with Crippen LogP contribution >= 0.6 is 0 Å². The quantitative estimate of drug-likeness (QED) is 0.481. The Morgan fingerprint density at radius 3 is 2.56 bits per heavy atom. The summed E-state index contributed by atoms with van der Waals surface area (Å²) in [6, 6.07) is 2.50. The standard InChI is InChI=1S/C17H24BF2N3O4/c1-10(2)7-15(18(26)27)22-16(24)9-21-17(25)14-5-6-23(14)13-4-3-11(19)8-12(13)20/h3-4,8,10,14-15,26-27H,5-7,9H2,1-2H3,(H,21,25)(H,22,24)/t14-,15-/m0/s1. The molecule has 1 fully saturated rings. The minimum Gasteiger partial charge on any atom is -0.426 e. The Balaban J connectivity index is 1.87. The SMILES string of the molecule is CC(C)C[C@H](NC(=O)CNC(=O)[C@@H]1CCN1c1ccc(F)cc1F)B(O)O. The highest BCUT2D eigenvalue weighted by molar-refractivity contribution is 6.43. The molecule has 2 amide bonds. The third kappa shape index (κ3) is 5.64. The number of halogens is 2. The number of nitrogens with one attached hydrogen (secondary N) is 2. The van der Waals surface area contributed by atoms with Crippen molar-refractivity contribution in [3.05, 3.63) is 29.8 Å². The van der Waals surface area contributed by atoms with E-state index in [0.29, 0.717) is 19.4 Å². The lowest BCUT2D eigenvalue weighted by Gasteiger charge is -2.41. The van der Waals surface area contributed by atoms with Gasteiger partial charge in [0.2, 0.25) is 11.8 Å². The van der Waals surface area contributed by atoms with Crippen molar-refractivity contribution in [3.8, 4) is 0 Å². The van der Waals surface area contributed by atoms with Crippen molar-refractivity contribution in [2.24, 2.45) is 5.92 Å². The predicted octanol–water partition coefficient (Wildman–Crippen LogP) is 0.203. The van der Waals surface area contributed by atoms with Crippen LogP contribution in [0.5, 0.6) is 0 Å². The number of hydrogen-bond acceptors (Lipinski definition) is 5. The second-order valence-corrected chi connectivity index (χ2v) is 7.03. The monoisotopic (exact) mass is 383 g/mol. The average Bonchev–Trinajstić information content (AvgIpc) is 2.53. The molecule has 1 aromatic rings. The van der Waals surface area contributed by atoms with Gasteiger partial charge in [-0.3, -0.25) is 9.59 Å². The van der Waals surface area contributed by atoms with E-state index in [1.165, 1.54) is 11.0 Å². The molecule has 148 valence electrons. The van der Waals surface area contributed by atoms with Crippen LogP contribution in [0.25, 0.3) is 0 Å². The zero-order valence-electron chi connectivity index (χ0n) is 15.3. The van der Waals surface area contributed by atoms with Gasteiger partial charge in [-0.15, -0.1) is 0 Å². The van der Waals surface area contributed by atoms with Crippen molar-refractivity contribution >= 4 is 24.6 Å². The van der Waals surface area contributed by atoms with Gasteiger partial charge in [-0.2, -0.15) is 0 Å². The van der Waals surface area contributed by atoms with Gasteiger partial charge in [0.1, 0.15) is 17.7 Å². The first-order chi connectivity index (χ1) is 12.7. The van der Waals surface area contributed by atoms with Crippen LogP contribution in [-0.4, -0.2) is 54.1 Å². The van der Waals surface area contributed by atoms with E-state index < -0.39 is 42.6 Å². The van der Waals surface area contributed by atoms with Crippen molar-refractivity contribution in [3.63, 3.8) is 0 Å². The first-order valence-electron chi connectivity index (χ1n) is 8.84. The van der Waals surface area contributed by atoms with Crippen molar-refractivity contribution in [2.45, 2.75) is 38.7 Å². The summed E-state index contributed by atoms with van der Waals surface area (Å²) in [5.74, 6) is -3.15. The minimum absolute atomic E-state index is 0.132. The number of carbonyl (C=O) groups excluding carboxylic acids is 2. The summed E-state index contributed by atoms with van der Waals surface area (Å²) >= 11 is 0. The molecule has 0 spiro atoms. The lowest BCUT2D eigenvalue weighted by molar-refractivity contribution is -0.127. The molecule has 0 aromatic heterocycles. The molecule has 10 heteroatoms.